The smallest absolute Gasteiger partial charge is 0.264 e. The van der Waals surface area contributed by atoms with Crippen molar-refractivity contribution in [2.75, 3.05) is 18.4 Å². The number of anilines is 1. The molecule has 1 aromatic heterocycles. The van der Waals surface area contributed by atoms with E-state index in [1.165, 1.54) is 29.7 Å². The third-order valence-electron chi connectivity index (χ3n) is 4.93. The molecule has 2 amide bonds. The second-order valence-corrected chi connectivity index (χ2v) is 8.52. The van der Waals surface area contributed by atoms with Crippen molar-refractivity contribution in [1.82, 2.24) is 4.90 Å². The zero-order valence-electron chi connectivity index (χ0n) is 15.8. The number of hydrogen-bond donors (Lipinski definition) is 1. The van der Waals surface area contributed by atoms with Crippen LogP contribution in [0.4, 0.5) is 5.69 Å². The van der Waals surface area contributed by atoms with Gasteiger partial charge in [0.2, 0.25) is 5.91 Å². The quantitative estimate of drug-likeness (QED) is 0.706. The normalized spacial score (nSPS) is 13.6. The molecule has 0 fully saturated rings. The van der Waals surface area contributed by atoms with Gasteiger partial charge in [-0.15, -0.1) is 11.3 Å². The van der Waals surface area contributed by atoms with Crippen molar-refractivity contribution in [1.29, 1.82) is 0 Å². The molecule has 1 aromatic carbocycles. The van der Waals surface area contributed by atoms with Crippen LogP contribution < -0.4 is 5.32 Å². The Morgan fingerprint density at radius 2 is 1.96 bits per heavy atom. The van der Waals surface area contributed by atoms with Gasteiger partial charge in [-0.2, -0.15) is 0 Å². The van der Waals surface area contributed by atoms with Crippen LogP contribution in [0.3, 0.4) is 0 Å². The first-order chi connectivity index (χ1) is 13.0. The van der Waals surface area contributed by atoms with Gasteiger partial charge >= 0.3 is 0 Å². The molecule has 1 aliphatic carbocycles. The Balaban J connectivity index is 1.68. The lowest BCUT2D eigenvalue weighted by atomic mass is 10.1. The van der Waals surface area contributed by atoms with Crippen molar-refractivity contribution >= 4 is 40.4 Å². The minimum absolute atomic E-state index is 0.0316. The van der Waals surface area contributed by atoms with E-state index < -0.39 is 0 Å². The third kappa shape index (κ3) is 4.90. The first kappa shape index (κ1) is 19.9. The summed E-state index contributed by atoms with van der Waals surface area (Å²) < 4.78 is 0. The van der Waals surface area contributed by atoms with Crippen LogP contribution in [0.25, 0.3) is 0 Å². The molecule has 6 heteroatoms. The van der Waals surface area contributed by atoms with Gasteiger partial charge in [0.05, 0.1) is 4.88 Å². The highest BCUT2D eigenvalue weighted by molar-refractivity contribution is 7.14. The number of aryl methyl sites for hydroxylation is 3. The summed E-state index contributed by atoms with van der Waals surface area (Å²) in [7, 11) is 0. The van der Waals surface area contributed by atoms with Gasteiger partial charge in [-0.25, -0.2) is 0 Å². The fourth-order valence-electron chi connectivity index (χ4n) is 3.35. The van der Waals surface area contributed by atoms with Crippen LogP contribution in [-0.2, 0) is 17.6 Å². The van der Waals surface area contributed by atoms with Crippen molar-refractivity contribution < 1.29 is 9.59 Å². The van der Waals surface area contributed by atoms with Crippen molar-refractivity contribution in [3.05, 3.63) is 50.2 Å². The number of rotatable bonds is 5. The van der Waals surface area contributed by atoms with Crippen molar-refractivity contribution in [2.45, 2.75) is 46.0 Å². The van der Waals surface area contributed by atoms with Gasteiger partial charge in [-0.3, -0.25) is 9.59 Å². The summed E-state index contributed by atoms with van der Waals surface area (Å²) >= 11 is 7.61. The van der Waals surface area contributed by atoms with E-state index in [1.54, 1.807) is 28.4 Å². The SMILES string of the molecule is CCN(CC(=O)Nc1cc(Cl)ccc1C)C(=O)c1cc2c(s1)CCCCC2. The van der Waals surface area contributed by atoms with E-state index in [4.69, 9.17) is 11.6 Å². The number of amides is 2. The molecule has 2 aromatic rings. The minimum atomic E-state index is -0.214. The van der Waals surface area contributed by atoms with E-state index >= 15 is 0 Å². The molecule has 0 atom stereocenters. The van der Waals surface area contributed by atoms with Gasteiger partial charge in [0.1, 0.15) is 6.54 Å². The third-order valence-corrected chi connectivity index (χ3v) is 6.39. The summed E-state index contributed by atoms with van der Waals surface area (Å²) in [4.78, 5) is 29.1. The Morgan fingerprint density at radius 1 is 1.19 bits per heavy atom. The number of fused-ring (bicyclic) bond motifs is 1. The number of likely N-dealkylation sites (N-methyl/N-ethyl adjacent to an activating group) is 1. The van der Waals surface area contributed by atoms with Crippen LogP contribution >= 0.6 is 22.9 Å². The number of carbonyl (C=O) groups excluding carboxylic acids is 2. The highest BCUT2D eigenvalue weighted by Gasteiger charge is 2.22. The average Bonchev–Trinajstić information content (AvgIpc) is 2.93. The fourth-order valence-corrected chi connectivity index (χ4v) is 4.74. The molecule has 27 heavy (non-hydrogen) atoms. The average molecular weight is 405 g/mol. The van der Waals surface area contributed by atoms with Crippen molar-refractivity contribution in [2.24, 2.45) is 0 Å². The standard InChI is InChI=1S/C21H25ClN2O2S/c1-3-24(13-20(25)23-17-12-16(22)10-9-14(17)2)21(26)19-11-15-7-5-4-6-8-18(15)27-19/h9-12H,3-8,13H2,1-2H3,(H,23,25). The molecule has 1 N–H and O–H groups in total. The summed E-state index contributed by atoms with van der Waals surface area (Å²) in [5.74, 6) is -0.276. The second-order valence-electron chi connectivity index (χ2n) is 6.95. The number of nitrogens with one attached hydrogen (secondary N) is 1. The van der Waals surface area contributed by atoms with Gasteiger partial charge in [0.15, 0.2) is 0 Å². The Hall–Kier alpha value is -1.85. The fraction of sp³-hybridized carbons (Fsp3) is 0.429. The van der Waals surface area contributed by atoms with E-state index in [1.807, 2.05) is 26.0 Å². The lowest BCUT2D eigenvalue weighted by Gasteiger charge is -2.20. The highest BCUT2D eigenvalue weighted by atomic mass is 35.5. The van der Waals surface area contributed by atoms with Crippen LogP contribution in [-0.4, -0.2) is 29.8 Å². The predicted molar refractivity (Wildman–Crippen MR) is 112 cm³/mol. The van der Waals surface area contributed by atoms with Crippen LogP contribution in [0.1, 0.15) is 51.9 Å². The largest absolute Gasteiger partial charge is 0.329 e. The summed E-state index contributed by atoms with van der Waals surface area (Å²) in [5, 5.41) is 3.43. The molecule has 0 saturated carbocycles. The van der Waals surface area contributed by atoms with E-state index in [-0.39, 0.29) is 18.4 Å². The number of benzene rings is 1. The summed E-state index contributed by atoms with van der Waals surface area (Å²) in [6, 6.07) is 7.41. The van der Waals surface area contributed by atoms with Crippen LogP contribution in [0.2, 0.25) is 5.02 Å². The molecule has 0 aliphatic heterocycles. The first-order valence-corrected chi connectivity index (χ1v) is 10.6. The lowest BCUT2D eigenvalue weighted by molar-refractivity contribution is -0.116. The first-order valence-electron chi connectivity index (χ1n) is 9.44. The summed E-state index contributed by atoms with van der Waals surface area (Å²) in [6.45, 7) is 4.33. The number of nitrogens with zero attached hydrogens (tertiary/aromatic N) is 1. The maximum atomic E-state index is 12.9. The maximum absolute atomic E-state index is 12.9. The van der Waals surface area contributed by atoms with E-state index in [9.17, 15) is 9.59 Å². The molecule has 0 spiro atoms. The molecule has 0 radical (unpaired) electrons. The number of halogens is 1. The molecular formula is C21H25ClN2O2S. The van der Waals surface area contributed by atoms with Gasteiger partial charge in [0.25, 0.3) is 5.91 Å². The minimum Gasteiger partial charge on any atom is -0.329 e. The second kappa shape index (κ2) is 8.89. The van der Waals surface area contributed by atoms with E-state index in [0.717, 1.165) is 23.3 Å². The molecule has 1 aliphatic rings. The van der Waals surface area contributed by atoms with Crippen LogP contribution in [0, 0.1) is 6.92 Å². The Kier molecular flexibility index (Phi) is 6.55. The molecule has 3 rings (SSSR count). The van der Waals surface area contributed by atoms with Gasteiger partial charge in [0, 0.05) is 22.1 Å². The van der Waals surface area contributed by atoms with Crippen LogP contribution in [0.15, 0.2) is 24.3 Å². The molecule has 0 unspecified atom stereocenters. The Morgan fingerprint density at radius 3 is 2.74 bits per heavy atom. The molecule has 0 saturated heterocycles. The Labute approximate surface area is 169 Å². The predicted octanol–water partition coefficient (Wildman–Crippen LogP) is 5.08. The van der Waals surface area contributed by atoms with Gasteiger partial charge < -0.3 is 10.2 Å². The number of hydrogen-bond acceptors (Lipinski definition) is 3. The molecule has 4 nitrogen and oxygen atoms in total. The topological polar surface area (TPSA) is 49.4 Å². The Bertz CT molecular complexity index is 823. The van der Waals surface area contributed by atoms with Crippen molar-refractivity contribution in [3.8, 4) is 0 Å². The van der Waals surface area contributed by atoms with Crippen molar-refractivity contribution in [3.63, 3.8) is 0 Å². The van der Waals surface area contributed by atoms with Crippen LogP contribution in [0.5, 0.6) is 0 Å². The van der Waals surface area contributed by atoms with Gasteiger partial charge in [-0.05, 0) is 68.9 Å². The number of thiophene rings is 1. The zero-order chi connectivity index (χ0) is 19.4. The molecule has 1 heterocycles. The van der Waals surface area contributed by atoms with E-state index in [2.05, 4.69) is 5.32 Å². The lowest BCUT2D eigenvalue weighted by Crippen LogP contribution is -2.37. The monoisotopic (exact) mass is 404 g/mol. The molecular weight excluding hydrogens is 380 g/mol. The number of carbonyl (C=O) groups is 2. The molecule has 144 valence electrons. The maximum Gasteiger partial charge on any atom is 0.264 e. The van der Waals surface area contributed by atoms with E-state index in [0.29, 0.717) is 17.3 Å². The highest BCUT2D eigenvalue weighted by Crippen LogP contribution is 2.29. The summed E-state index contributed by atoms with van der Waals surface area (Å²) in [6.07, 6.45) is 5.76. The summed E-state index contributed by atoms with van der Waals surface area (Å²) in [5.41, 5.74) is 2.93. The van der Waals surface area contributed by atoms with Gasteiger partial charge in [-0.1, -0.05) is 24.1 Å². The molecule has 0 bridgehead atoms. The zero-order valence-corrected chi connectivity index (χ0v) is 17.4.